The molecule has 1 aromatic carbocycles. The van der Waals surface area contributed by atoms with Gasteiger partial charge in [-0.2, -0.15) is 13.2 Å². The average molecular weight is 366 g/mol. The number of alkyl halides is 3. The molecule has 0 bridgehead atoms. The largest absolute Gasteiger partial charge is 0.416 e. The van der Waals surface area contributed by atoms with E-state index in [0.29, 0.717) is 30.5 Å². The van der Waals surface area contributed by atoms with E-state index in [1.165, 1.54) is 11.0 Å². The second kappa shape index (κ2) is 6.36. The Labute approximate surface area is 129 Å². The maximum absolute atomic E-state index is 12.8. The second-order valence-electron chi connectivity index (χ2n) is 4.95. The van der Waals surface area contributed by atoms with Gasteiger partial charge in [0.15, 0.2) is 0 Å². The first-order chi connectivity index (χ1) is 9.80. The van der Waals surface area contributed by atoms with Crippen molar-refractivity contribution in [2.24, 2.45) is 0 Å². The van der Waals surface area contributed by atoms with Crippen LogP contribution in [0, 0.1) is 0 Å². The van der Waals surface area contributed by atoms with Gasteiger partial charge in [0.05, 0.1) is 11.1 Å². The molecule has 1 saturated heterocycles. The first-order valence-electron chi connectivity index (χ1n) is 6.52. The van der Waals surface area contributed by atoms with E-state index in [1.54, 1.807) is 7.05 Å². The molecule has 0 aliphatic carbocycles. The molecule has 116 valence electrons. The second-order valence-corrected chi connectivity index (χ2v) is 5.81. The van der Waals surface area contributed by atoms with Crippen LogP contribution in [-0.2, 0) is 10.9 Å². The lowest BCUT2D eigenvalue weighted by molar-refractivity contribution is -0.137. The number of carbonyl (C=O) groups excluding carboxylic acids is 1. The zero-order valence-electron chi connectivity index (χ0n) is 11.4. The molecule has 0 saturated carbocycles. The highest BCUT2D eigenvalue weighted by Gasteiger charge is 2.32. The number of rotatable bonds is 2. The van der Waals surface area contributed by atoms with Gasteiger partial charge in [-0.15, -0.1) is 0 Å². The van der Waals surface area contributed by atoms with E-state index in [4.69, 9.17) is 4.74 Å². The molecule has 1 aliphatic rings. The van der Waals surface area contributed by atoms with Crippen molar-refractivity contribution in [1.29, 1.82) is 0 Å². The van der Waals surface area contributed by atoms with Crippen molar-refractivity contribution in [3.8, 4) is 0 Å². The number of benzene rings is 1. The molecule has 0 radical (unpaired) electrons. The van der Waals surface area contributed by atoms with E-state index in [9.17, 15) is 18.0 Å². The van der Waals surface area contributed by atoms with Crippen molar-refractivity contribution >= 4 is 21.8 Å². The fourth-order valence-electron chi connectivity index (χ4n) is 2.29. The van der Waals surface area contributed by atoms with Gasteiger partial charge in [-0.25, -0.2) is 0 Å². The van der Waals surface area contributed by atoms with Crippen molar-refractivity contribution in [3.63, 3.8) is 0 Å². The Morgan fingerprint density at radius 1 is 1.33 bits per heavy atom. The molecule has 0 aromatic heterocycles. The van der Waals surface area contributed by atoms with E-state index in [2.05, 4.69) is 15.9 Å². The standard InChI is InChI=1S/C14H15BrF3NO2/c1-19(10-4-6-21-7-5-10)13(20)11-8-9(14(16,17)18)2-3-12(11)15/h2-3,8,10H,4-7H2,1H3. The van der Waals surface area contributed by atoms with Gasteiger partial charge in [0, 0.05) is 30.8 Å². The van der Waals surface area contributed by atoms with Crippen molar-refractivity contribution in [3.05, 3.63) is 33.8 Å². The third-order valence-corrected chi connectivity index (χ3v) is 4.27. The number of amides is 1. The predicted molar refractivity (Wildman–Crippen MR) is 75.1 cm³/mol. The van der Waals surface area contributed by atoms with Gasteiger partial charge in [-0.05, 0) is 47.0 Å². The van der Waals surface area contributed by atoms with E-state index >= 15 is 0 Å². The average Bonchev–Trinajstić information content (AvgIpc) is 2.46. The van der Waals surface area contributed by atoms with Gasteiger partial charge in [-0.1, -0.05) is 0 Å². The molecule has 0 N–H and O–H groups in total. The normalized spacial score (nSPS) is 16.8. The number of ether oxygens (including phenoxy) is 1. The van der Waals surface area contributed by atoms with Crippen LogP contribution in [0.1, 0.15) is 28.8 Å². The fourth-order valence-corrected chi connectivity index (χ4v) is 2.71. The third-order valence-electron chi connectivity index (χ3n) is 3.58. The molecule has 7 heteroatoms. The first-order valence-corrected chi connectivity index (χ1v) is 7.31. The van der Waals surface area contributed by atoms with E-state index in [0.717, 1.165) is 12.1 Å². The molecule has 0 atom stereocenters. The number of hydrogen-bond acceptors (Lipinski definition) is 2. The van der Waals surface area contributed by atoms with Crippen molar-refractivity contribution < 1.29 is 22.7 Å². The van der Waals surface area contributed by atoms with Crippen molar-refractivity contribution in [2.45, 2.75) is 25.1 Å². The molecule has 2 rings (SSSR count). The molecule has 0 spiro atoms. The van der Waals surface area contributed by atoms with Gasteiger partial charge in [0.25, 0.3) is 5.91 Å². The molecule has 1 amide bonds. The molecule has 1 aliphatic heterocycles. The Morgan fingerprint density at radius 3 is 2.52 bits per heavy atom. The Hall–Kier alpha value is -1.08. The minimum absolute atomic E-state index is 0.00677. The Balaban J connectivity index is 2.25. The van der Waals surface area contributed by atoms with E-state index in [-0.39, 0.29) is 11.6 Å². The van der Waals surface area contributed by atoms with Crippen LogP contribution in [0.15, 0.2) is 22.7 Å². The summed E-state index contributed by atoms with van der Waals surface area (Å²) in [5.74, 6) is -0.417. The smallest absolute Gasteiger partial charge is 0.381 e. The summed E-state index contributed by atoms with van der Waals surface area (Å²) in [4.78, 5) is 13.9. The molecular formula is C14H15BrF3NO2. The maximum atomic E-state index is 12.8. The monoisotopic (exact) mass is 365 g/mol. The first kappa shape index (κ1) is 16.3. The lowest BCUT2D eigenvalue weighted by atomic mass is 10.0. The quantitative estimate of drug-likeness (QED) is 0.799. The van der Waals surface area contributed by atoms with Gasteiger partial charge in [-0.3, -0.25) is 4.79 Å². The molecule has 21 heavy (non-hydrogen) atoms. The number of nitrogens with zero attached hydrogens (tertiary/aromatic N) is 1. The summed E-state index contributed by atoms with van der Waals surface area (Å²) in [7, 11) is 1.62. The number of carbonyl (C=O) groups is 1. The fraction of sp³-hybridized carbons (Fsp3) is 0.500. The Bertz CT molecular complexity index is 527. The number of halogens is 4. The van der Waals surface area contributed by atoms with Crippen LogP contribution in [0.2, 0.25) is 0 Å². The summed E-state index contributed by atoms with van der Waals surface area (Å²) in [6.45, 7) is 1.12. The summed E-state index contributed by atoms with van der Waals surface area (Å²) < 4.78 is 43.9. The van der Waals surface area contributed by atoms with Crippen LogP contribution in [0.5, 0.6) is 0 Å². The molecule has 1 aromatic rings. The molecule has 0 unspecified atom stereocenters. The number of hydrogen-bond donors (Lipinski definition) is 0. The highest BCUT2D eigenvalue weighted by atomic mass is 79.9. The van der Waals surface area contributed by atoms with Crippen LogP contribution in [0.4, 0.5) is 13.2 Å². The highest BCUT2D eigenvalue weighted by Crippen LogP contribution is 2.32. The van der Waals surface area contributed by atoms with Crippen LogP contribution in [0.25, 0.3) is 0 Å². The van der Waals surface area contributed by atoms with Crippen molar-refractivity contribution in [2.75, 3.05) is 20.3 Å². The van der Waals surface area contributed by atoms with Crippen molar-refractivity contribution in [1.82, 2.24) is 4.90 Å². The predicted octanol–water partition coefficient (Wildman–Crippen LogP) is 3.72. The lowest BCUT2D eigenvalue weighted by Crippen LogP contribution is -2.40. The van der Waals surface area contributed by atoms with Crippen LogP contribution in [-0.4, -0.2) is 37.1 Å². The van der Waals surface area contributed by atoms with Gasteiger partial charge >= 0.3 is 6.18 Å². The van der Waals surface area contributed by atoms with E-state index < -0.39 is 17.6 Å². The highest BCUT2D eigenvalue weighted by molar-refractivity contribution is 9.10. The lowest BCUT2D eigenvalue weighted by Gasteiger charge is -2.31. The SMILES string of the molecule is CN(C(=O)c1cc(C(F)(F)F)ccc1Br)C1CCOCC1. The van der Waals surface area contributed by atoms with Gasteiger partial charge in [0.1, 0.15) is 0 Å². The molecule has 1 fully saturated rings. The minimum Gasteiger partial charge on any atom is -0.381 e. The molecule has 1 heterocycles. The summed E-state index contributed by atoms with van der Waals surface area (Å²) in [5.41, 5.74) is -0.798. The summed E-state index contributed by atoms with van der Waals surface area (Å²) in [6.07, 6.45) is -3.08. The third kappa shape index (κ3) is 3.77. The zero-order chi connectivity index (χ0) is 15.6. The van der Waals surface area contributed by atoms with Crippen LogP contribution < -0.4 is 0 Å². The van der Waals surface area contributed by atoms with Crippen LogP contribution in [0.3, 0.4) is 0 Å². The molecule has 3 nitrogen and oxygen atoms in total. The minimum atomic E-state index is -4.47. The summed E-state index contributed by atoms with van der Waals surface area (Å²) in [6, 6.07) is 3.10. The zero-order valence-corrected chi connectivity index (χ0v) is 13.0. The topological polar surface area (TPSA) is 29.5 Å². The summed E-state index contributed by atoms with van der Waals surface area (Å²) >= 11 is 3.15. The Morgan fingerprint density at radius 2 is 1.95 bits per heavy atom. The van der Waals surface area contributed by atoms with Gasteiger partial charge in [0.2, 0.25) is 0 Å². The van der Waals surface area contributed by atoms with Crippen LogP contribution >= 0.6 is 15.9 Å². The molecular weight excluding hydrogens is 351 g/mol. The van der Waals surface area contributed by atoms with Gasteiger partial charge < -0.3 is 9.64 Å². The summed E-state index contributed by atoms with van der Waals surface area (Å²) in [5, 5.41) is 0. The van der Waals surface area contributed by atoms with E-state index in [1.807, 2.05) is 0 Å². The Kier molecular flexibility index (Phi) is 4.93. The maximum Gasteiger partial charge on any atom is 0.416 e.